The maximum atomic E-state index is 5.63. The average Bonchev–Trinajstić information content (AvgIpc) is 2.31. The average molecular weight is 137 g/mol. The third kappa shape index (κ3) is 0.827. The molecule has 1 aliphatic carbocycles. The Morgan fingerprint density at radius 1 is 1.50 bits per heavy atom. The smallest absolute Gasteiger partial charge is 0.0548 e. The van der Waals surface area contributed by atoms with Gasteiger partial charge in [-0.3, -0.25) is 4.68 Å². The summed E-state index contributed by atoms with van der Waals surface area (Å²) in [5.74, 6) is 0. The molecule has 0 aromatic carbocycles. The van der Waals surface area contributed by atoms with E-state index in [-0.39, 0.29) is 0 Å². The number of nitrogens with two attached hydrogens (primary N) is 1. The van der Waals surface area contributed by atoms with Gasteiger partial charge in [0.15, 0.2) is 0 Å². The van der Waals surface area contributed by atoms with Crippen molar-refractivity contribution in [3.8, 4) is 0 Å². The quantitative estimate of drug-likeness (QED) is 0.614. The van der Waals surface area contributed by atoms with Gasteiger partial charge in [0.1, 0.15) is 0 Å². The van der Waals surface area contributed by atoms with Crippen LogP contribution >= 0.6 is 0 Å². The molecule has 54 valence electrons. The highest BCUT2D eigenvalue weighted by Gasteiger charge is 2.27. The Kier molecular flexibility index (Phi) is 1.24. The van der Waals surface area contributed by atoms with Crippen molar-refractivity contribution < 1.29 is 0 Å². The van der Waals surface area contributed by atoms with Gasteiger partial charge in [0, 0.05) is 18.4 Å². The zero-order chi connectivity index (χ0) is 6.97. The van der Waals surface area contributed by atoms with Crippen molar-refractivity contribution in [1.29, 1.82) is 0 Å². The molecule has 0 saturated heterocycles. The van der Waals surface area contributed by atoms with Crippen LogP contribution in [0.4, 0.5) is 0 Å². The van der Waals surface area contributed by atoms with E-state index in [9.17, 15) is 0 Å². The van der Waals surface area contributed by atoms with Crippen LogP contribution in [-0.4, -0.2) is 15.8 Å². The van der Waals surface area contributed by atoms with Crippen molar-refractivity contribution >= 4 is 0 Å². The minimum atomic E-state index is 0.411. The molecule has 0 bridgehead atoms. The number of rotatable bonds is 1. The standard InChI is InChI=1S/C7H11N3/c8-6-4-7(5-6)10-3-1-2-9-10/h1-3,6-7H,4-5,8H2/t6-,7+. The van der Waals surface area contributed by atoms with Gasteiger partial charge in [-0.1, -0.05) is 0 Å². The predicted molar refractivity (Wildman–Crippen MR) is 38.5 cm³/mol. The number of hydrogen-bond acceptors (Lipinski definition) is 2. The molecule has 2 rings (SSSR count). The lowest BCUT2D eigenvalue weighted by molar-refractivity contribution is 0.247. The Morgan fingerprint density at radius 3 is 2.80 bits per heavy atom. The summed E-state index contributed by atoms with van der Waals surface area (Å²) in [5, 5.41) is 4.13. The number of hydrogen-bond donors (Lipinski definition) is 1. The second-order valence-electron chi connectivity index (χ2n) is 2.87. The fourth-order valence-electron chi connectivity index (χ4n) is 1.34. The van der Waals surface area contributed by atoms with Gasteiger partial charge in [-0.25, -0.2) is 0 Å². The third-order valence-corrected chi connectivity index (χ3v) is 2.05. The van der Waals surface area contributed by atoms with Gasteiger partial charge in [-0.2, -0.15) is 5.10 Å². The van der Waals surface area contributed by atoms with Crippen LogP contribution < -0.4 is 5.73 Å². The van der Waals surface area contributed by atoms with Crippen molar-refractivity contribution in [3.05, 3.63) is 18.5 Å². The highest BCUT2D eigenvalue weighted by Crippen LogP contribution is 2.29. The molecule has 0 spiro atoms. The summed E-state index contributed by atoms with van der Waals surface area (Å²) in [6, 6.07) is 2.93. The number of nitrogens with zero attached hydrogens (tertiary/aromatic N) is 2. The van der Waals surface area contributed by atoms with Gasteiger partial charge in [-0.05, 0) is 18.9 Å². The normalized spacial score (nSPS) is 31.7. The molecule has 0 aliphatic heterocycles. The minimum absolute atomic E-state index is 0.411. The molecule has 10 heavy (non-hydrogen) atoms. The van der Waals surface area contributed by atoms with E-state index in [2.05, 4.69) is 5.10 Å². The maximum Gasteiger partial charge on any atom is 0.0548 e. The Bertz CT molecular complexity index is 199. The van der Waals surface area contributed by atoms with Gasteiger partial charge in [0.25, 0.3) is 0 Å². The fourth-order valence-corrected chi connectivity index (χ4v) is 1.34. The van der Waals surface area contributed by atoms with Crippen molar-refractivity contribution in [2.45, 2.75) is 24.9 Å². The first kappa shape index (κ1) is 5.92. The molecule has 0 radical (unpaired) electrons. The van der Waals surface area contributed by atoms with Gasteiger partial charge >= 0.3 is 0 Å². The van der Waals surface area contributed by atoms with Gasteiger partial charge in [-0.15, -0.1) is 0 Å². The van der Waals surface area contributed by atoms with Crippen molar-refractivity contribution in [1.82, 2.24) is 9.78 Å². The van der Waals surface area contributed by atoms with Crippen molar-refractivity contribution in [3.63, 3.8) is 0 Å². The Labute approximate surface area is 59.8 Å². The molecule has 1 fully saturated rings. The largest absolute Gasteiger partial charge is 0.328 e. The molecule has 1 aromatic rings. The number of aromatic nitrogens is 2. The van der Waals surface area contributed by atoms with Crippen molar-refractivity contribution in [2.24, 2.45) is 5.73 Å². The SMILES string of the molecule is N[C@H]1C[C@@H](n2cccn2)C1. The molecular formula is C7H11N3. The molecule has 1 saturated carbocycles. The third-order valence-electron chi connectivity index (χ3n) is 2.05. The van der Waals surface area contributed by atoms with Crippen LogP contribution in [0.5, 0.6) is 0 Å². The molecule has 1 aliphatic rings. The Balaban J connectivity index is 2.04. The molecule has 3 heteroatoms. The first-order valence-electron chi connectivity index (χ1n) is 3.61. The van der Waals surface area contributed by atoms with E-state index in [1.165, 1.54) is 0 Å². The molecule has 2 N–H and O–H groups in total. The lowest BCUT2D eigenvalue weighted by Gasteiger charge is -2.32. The van der Waals surface area contributed by atoms with Crippen LogP contribution in [0.3, 0.4) is 0 Å². The molecule has 3 nitrogen and oxygen atoms in total. The predicted octanol–water partition coefficient (Wildman–Crippen LogP) is 0.545. The second-order valence-corrected chi connectivity index (χ2v) is 2.87. The summed E-state index contributed by atoms with van der Waals surface area (Å²) in [5.41, 5.74) is 5.63. The molecule has 1 aromatic heterocycles. The summed E-state index contributed by atoms with van der Waals surface area (Å²) in [6.07, 6.45) is 5.98. The minimum Gasteiger partial charge on any atom is -0.328 e. The van der Waals surface area contributed by atoms with E-state index in [0.717, 1.165) is 12.8 Å². The second kappa shape index (κ2) is 2.09. The molecule has 0 atom stereocenters. The lowest BCUT2D eigenvalue weighted by Crippen LogP contribution is -2.37. The lowest BCUT2D eigenvalue weighted by atomic mass is 9.88. The summed E-state index contributed by atoms with van der Waals surface area (Å²) >= 11 is 0. The molecule has 1 heterocycles. The highest BCUT2D eigenvalue weighted by atomic mass is 15.3. The summed E-state index contributed by atoms with van der Waals surface area (Å²) in [4.78, 5) is 0. The van der Waals surface area contributed by atoms with E-state index >= 15 is 0 Å². The van der Waals surface area contributed by atoms with Crippen LogP contribution in [0.25, 0.3) is 0 Å². The van der Waals surface area contributed by atoms with E-state index in [1.54, 1.807) is 0 Å². The van der Waals surface area contributed by atoms with E-state index < -0.39 is 0 Å². The van der Waals surface area contributed by atoms with Gasteiger partial charge in [0.2, 0.25) is 0 Å². The zero-order valence-electron chi connectivity index (χ0n) is 5.77. The van der Waals surface area contributed by atoms with Crippen LogP contribution in [0.1, 0.15) is 18.9 Å². The Morgan fingerprint density at radius 2 is 2.30 bits per heavy atom. The monoisotopic (exact) mass is 137 g/mol. The van der Waals surface area contributed by atoms with E-state index in [0.29, 0.717) is 12.1 Å². The molecular weight excluding hydrogens is 126 g/mol. The Hall–Kier alpha value is -0.830. The fraction of sp³-hybridized carbons (Fsp3) is 0.571. The van der Waals surface area contributed by atoms with Gasteiger partial charge < -0.3 is 5.73 Å². The van der Waals surface area contributed by atoms with Crippen LogP contribution in [0.2, 0.25) is 0 Å². The summed E-state index contributed by atoms with van der Waals surface area (Å²) in [7, 11) is 0. The summed E-state index contributed by atoms with van der Waals surface area (Å²) in [6.45, 7) is 0. The topological polar surface area (TPSA) is 43.8 Å². The van der Waals surface area contributed by atoms with Crippen LogP contribution in [0.15, 0.2) is 18.5 Å². The van der Waals surface area contributed by atoms with Crippen LogP contribution in [-0.2, 0) is 0 Å². The maximum absolute atomic E-state index is 5.63. The summed E-state index contributed by atoms with van der Waals surface area (Å²) < 4.78 is 1.99. The molecule has 0 unspecified atom stereocenters. The van der Waals surface area contributed by atoms with Crippen LogP contribution in [0, 0.1) is 0 Å². The van der Waals surface area contributed by atoms with Crippen molar-refractivity contribution in [2.75, 3.05) is 0 Å². The van der Waals surface area contributed by atoms with Gasteiger partial charge in [0.05, 0.1) is 6.04 Å². The van der Waals surface area contributed by atoms with E-state index in [4.69, 9.17) is 5.73 Å². The first-order valence-corrected chi connectivity index (χ1v) is 3.61. The zero-order valence-corrected chi connectivity index (χ0v) is 5.77. The first-order chi connectivity index (χ1) is 4.86. The molecule has 0 amide bonds. The van der Waals surface area contributed by atoms with E-state index in [1.807, 2.05) is 23.1 Å². The highest BCUT2D eigenvalue weighted by molar-refractivity contribution is 4.90.